The molecule has 0 spiro atoms. The summed E-state index contributed by atoms with van der Waals surface area (Å²) in [6.45, 7) is 1.79. The van der Waals surface area contributed by atoms with Crippen LogP contribution in [0, 0.1) is 0 Å². The number of aliphatic imine (C=N–C) groups is 1. The summed E-state index contributed by atoms with van der Waals surface area (Å²) in [5.41, 5.74) is 11.8. The maximum absolute atomic E-state index is 12.3. The van der Waals surface area contributed by atoms with E-state index in [2.05, 4.69) is 31.6 Å². The first-order chi connectivity index (χ1) is 16.9. The molecule has 1 aromatic rings. The van der Waals surface area contributed by atoms with Crippen LogP contribution in [0.15, 0.2) is 27.7 Å². The number of unbranched alkanes of at least 4 members (excludes halogenated alkanes) is 1. The number of nitrogens with zero attached hydrogens (tertiary/aromatic N) is 1. The Morgan fingerprint density at radius 3 is 2.33 bits per heavy atom. The van der Waals surface area contributed by atoms with E-state index in [0.29, 0.717) is 22.9 Å². The van der Waals surface area contributed by atoms with Crippen molar-refractivity contribution in [3.8, 4) is 0 Å². The van der Waals surface area contributed by atoms with E-state index < -0.39 is 30.2 Å². The van der Waals surface area contributed by atoms with E-state index in [1.807, 2.05) is 0 Å². The molecule has 2 atom stereocenters. The molecule has 0 heterocycles. The van der Waals surface area contributed by atoms with Crippen LogP contribution in [0.5, 0.6) is 0 Å². The van der Waals surface area contributed by atoms with Gasteiger partial charge in [-0.1, -0.05) is 22.0 Å². The molecule has 13 nitrogen and oxygen atoms in total. The molecule has 198 valence electrons. The second kappa shape index (κ2) is 15.3. The number of carboxylic acids is 2. The van der Waals surface area contributed by atoms with Gasteiger partial charge in [-0.3, -0.25) is 4.79 Å². The third-order valence-corrected chi connectivity index (χ3v) is 5.56. The normalized spacial score (nSPS) is 12.1. The van der Waals surface area contributed by atoms with E-state index in [-0.39, 0.29) is 50.0 Å². The lowest BCUT2D eigenvalue weighted by Gasteiger charge is -2.17. The molecular weight excluding hydrogens is 539 g/mol. The van der Waals surface area contributed by atoms with Crippen molar-refractivity contribution in [2.75, 3.05) is 6.54 Å². The Kier molecular flexibility index (Phi) is 12.9. The molecule has 0 unspecified atom stereocenters. The standard InChI is InChI=1S/C22H30BrN5O8/c1-12(29)5-8-16(19(31)32)28-22(35)36-17(20(33)34)4-2-3-9-26-18(30)13-6-7-14(15(23)10-13)11-27-21(24)25/h6-7,10,16-17H,2-5,8-9,11H2,1H3,(H,26,30)(H,28,35)(H,31,32)(H,33,34)(H4,24,25,27)/t16-,17-/m0/s1/i23-3. The summed E-state index contributed by atoms with van der Waals surface area (Å²) in [6.07, 6.45) is -2.26. The number of benzene rings is 1. The summed E-state index contributed by atoms with van der Waals surface area (Å²) in [5, 5.41) is 23.2. The molecular formula is C22H30BrN5O8. The minimum absolute atomic E-state index is 0.0468. The maximum Gasteiger partial charge on any atom is 0.408 e. The second-order valence-corrected chi connectivity index (χ2v) is 8.66. The SMILES string of the molecule is CC(=O)CC[C@H](NC(=O)O[C@@H](CCCCNC(=O)c1ccc(CN=C(N)N)c([77Br])c1)C(=O)O)C(=O)O. The van der Waals surface area contributed by atoms with E-state index in [4.69, 9.17) is 21.3 Å². The number of carboxylic acid groups (broad SMARTS) is 2. The van der Waals surface area contributed by atoms with Crippen molar-refractivity contribution >= 4 is 51.6 Å². The highest BCUT2D eigenvalue weighted by molar-refractivity contribution is 9.10. The van der Waals surface area contributed by atoms with Gasteiger partial charge in [-0.2, -0.15) is 0 Å². The number of ether oxygens (including phenoxy) is 1. The number of hydrogen-bond donors (Lipinski definition) is 6. The van der Waals surface area contributed by atoms with E-state index in [1.165, 1.54) is 6.92 Å². The van der Waals surface area contributed by atoms with Gasteiger partial charge in [-0.25, -0.2) is 19.4 Å². The first kappa shape index (κ1) is 30.4. The van der Waals surface area contributed by atoms with Gasteiger partial charge in [0.15, 0.2) is 5.96 Å². The minimum atomic E-state index is -1.50. The molecule has 36 heavy (non-hydrogen) atoms. The molecule has 0 saturated carbocycles. The third kappa shape index (κ3) is 11.6. The Morgan fingerprint density at radius 2 is 1.78 bits per heavy atom. The van der Waals surface area contributed by atoms with Crippen LogP contribution in [-0.2, 0) is 25.7 Å². The molecule has 0 saturated heterocycles. The molecule has 14 heteroatoms. The molecule has 0 fully saturated rings. The van der Waals surface area contributed by atoms with Crippen LogP contribution in [-0.4, -0.2) is 64.6 Å². The van der Waals surface area contributed by atoms with E-state index in [1.54, 1.807) is 18.2 Å². The highest BCUT2D eigenvalue weighted by Gasteiger charge is 2.26. The number of nitrogens with two attached hydrogens (primary N) is 2. The summed E-state index contributed by atoms with van der Waals surface area (Å²) in [5.74, 6) is -3.39. The maximum atomic E-state index is 12.3. The van der Waals surface area contributed by atoms with E-state index in [9.17, 15) is 29.1 Å². The van der Waals surface area contributed by atoms with Crippen molar-refractivity contribution in [3.63, 3.8) is 0 Å². The molecule has 0 aromatic heterocycles. The average Bonchev–Trinajstić information content (AvgIpc) is 2.79. The fourth-order valence-electron chi connectivity index (χ4n) is 2.90. The highest BCUT2D eigenvalue weighted by atomic mass is 76.9. The van der Waals surface area contributed by atoms with Crippen molar-refractivity contribution in [3.05, 3.63) is 33.8 Å². The van der Waals surface area contributed by atoms with Crippen molar-refractivity contribution in [2.45, 2.75) is 57.7 Å². The summed E-state index contributed by atoms with van der Waals surface area (Å²) in [7, 11) is 0. The predicted molar refractivity (Wildman–Crippen MR) is 132 cm³/mol. The highest BCUT2D eigenvalue weighted by Crippen LogP contribution is 2.19. The molecule has 8 N–H and O–H groups in total. The van der Waals surface area contributed by atoms with Crippen molar-refractivity contribution in [1.82, 2.24) is 10.6 Å². The lowest BCUT2D eigenvalue weighted by atomic mass is 10.1. The number of guanidine groups is 1. The number of nitrogens with one attached hydrogen (secondary N) is 2. The molecule has 2 amide bonds. The van der Waals surface area contributed by atoms with Gasteiger partial charge < -0.3 is 41.8 Å². The van der Waals surface area contributed by atoms with Crippen LogP contribution in [0.25, 0.3) is 0 Å². The van der Waals surface area contributed by atoms with Gasteiger partial charge in [-0.15, -0.1) is 0 Å². The number of halogens is 1. The topological polar surface area (TPSA) is 223 Å². The Bertz CT molecular complexity index is 997. The van der Waals surface area contributed by atoms with Crippen molar-refractivity contribution in [2.24, 2.45) is 16.5 Å². The van der Waals surface area contributed by atoms with Gasteiger partial charge >= 0.3 is 18.0 Å². The second-order valence-electron chi connectivity index (χ2n) is 7.81. The monoisotopic (exact) mass is 569 g/mol. The lowest BCUT2D eigenvalue weighted by molar-refractivity contribution is -0.147. The number of carbonyl (C=O) groups is 5. The number of Topliss-reactive ketones (excluding diaryl/α,β-unsaturated/α-hetero) is 1. The number of amides is 2. The fourth-order valence-corrected chi connectivity index (χ4v) is 3.40. The summed E-state index contributed by atoms with van der Waals surface area (Å²) >= 11 is 3.36. The molecule has 0 aliphatic heterocycles. The van der Waals surface area contributed by atoms with Gasteiger partial charge in [0.05, 0.1) is 6.54 Å². The summed E-state index contributed by atoms with van der Waals surface area (Å²) in [4.78, 5) is 61.8. The van der Waals surface area contributed by atoms with Gasteiger partial charge in [0.1, 0.15) is 11.8 Å². The first-order valence-electron chi connectivity index (χ1n) is 10.9. The molecule has 0 radical (unpaired) electrons. The summed E-state index contributed by atoms with van der Waals surface area (Å²) in [6, 6.07) is 3.57. The molecule has 1 rings (SSSR count). The zero-order valence-electron chi connectivity index (χ0n) is 19.7. The number of alkyl carbamates (subject to hydrolysis) is 1. The number of ketones is 1. The van der Waals surface area contributed by atoms with Gasteiger partial charge in [-0.05, 0) is 50.3 Å². The van der Waals surface area contributed by atoms with E-state index in [0.717, 1.165) is 5.56 Å². The lowest BCUT2D eigenvalue weighted by Crippen LogP contribution is -2.43. The number of carbonyl (C=O) groups excluding carboxylic acids is 3. The van der Waals surface area contributed by atoms with Gasteiger partial charge in [0.2, 0.25) is 6.10 Å². The van der Waals surface area contributed by atoms with Crippen LogP contribution in [0.3, 0.4) is 0 Å². The van der Waals surface area contributed by atoms with Gasteiger partial charge in [0, 0.05) is 23.0 Å². The quantitative estimate of drug-likeness (QED) is 0.100. The molecule has 0 aliphatic rings. The van der Waals surface area contributed by atoms with Crippen LogP contribution < -0.4 is 22.1 Å². The Hall–Kier alpha value is -3.68. The van der Waals surface area contributed by atoms with E-state index >= 15 is 0 Å². The number of aliphatic carboxylic acids is 2. The Balaban J connectivity index is 2.48. The smallest absolute Gasteiger partial charge is 0.408 e. The van der Waals surface area contributed by atoms with Crippen molar-refractivity contribution < 1.29 is 38.9 Å². The Labute approximate surface area is 215 Å². The number of hydrogen-bond acceptors (Lipinski definition) is 7. The predicted octanol–water partition coefficient (Wildman–Crippen LogP) is 1.12. The zero-order chi connectivity index (χ0) is 27.3. The Morgan fingerprint density at radius 1 is 1.08 bits per heavy atom. The first-order valence-corrected chi connectivity index (χ1v) is 11.7. The summed E-state index contributed by atoms with van der Waals surface area (Å²) < 4.78 is 5.50. The number of rotatable bonds is 15. The van der Waals surface area contributed by atoms with Gasteiger partial charge in [0.25, 0.3) is 5.91 Å². The minimum Gasteiger partial charge on any atom is -0.480 e. The molecule has 1 aromatic carbocycles. The fraction of sp³-hybridized carbons (Fsp3) is 0.455. The van der Waals surface area contributed by atoms with Crippen LogP contribution >= 0.6 is 15.9 Å². The largest absolute Gasteiger partial charge is 0.480 e. The van der Waals surface area contributed by atoms with Crippen LogP contribution in [0.1, 0.15) is 54.9 Å². The average molecular weight is 569 g/mol. The van der Waals surface area contributed by atoms with Crippen molar-refractivity contribution in [1.29, 1.82) is 0 Å². The van der Waals surface area contributed by atoms with Crippen LogP contribution in [0.2, 0.25) is 0 Å². The van der Waals surface area contributed by atoms with Crippen LogP contribution in [0.4, 0.5) is 4.79 Å². The molecule has 0 aliphatic carbocycles. The zero-order valence-corrected chi connectivity index (χ0v) is 21.2. The third-order valence-electron chi connectivity index (χ3n) is 4.83. The molecule has 0 bridgehead atoms.